The van der Waals surface area contributed by atoms with Crippen LogP contribution in [0.15, 0.2) is 29.1 Å². The SMILES string of the molecule is CC1(C)CC(n2[nH]c(=O)c3c2NC(=O)CSC3c2ccccc2F)CCO1. The predicted octanol–water partition coefficient (Wildman–Crippen LogP) is 3.22. The van der Waals surface area contributed by atoms with Gasteiger partial charge in [-0.15, -0.1) is 11.8 Å². The smallest absolute Gasteiger partial charge is 0.270 e. The number of aromatic amines is 1. The van der Waals surface area contributed by atoms with E-state index in [0.717, 1.165) is 6.42 Å². The molecule has 2 atom stereocenters. The molecule has 1 fully saturated rings. The van der Waals surface area contributed by atoms with E-state index < -0.39 is 5.25 Å². The molecule has 1 amide bonds. The number of thioether (sulfide) groups is 1. The second kappa shape index (κ2) is 6.83. The van der Waals surface area contributed by atoms with Crippen molar-refractivity contribution in [3.8, 4) is 0 Å². The van der Waals surface area contributed by atoms with E-state index in [4.69, 9.17) is 4.74 Å². The number of nitrogens with one attached hydrogen (secondary N) is 2. The fraction of sp³-hybridized carbons (Fsp3) is 0.474. The fourth-order valence-electron chi connectivity index (χ4n) is 3.87. The first-order valence-corrected chi connectivity index (χ1v) is 10.0. The minimum atomic E-state index is -0.544. The lowest BCUT2D eigenvalue weighted by Gasteiger charge is -2.36. The van der Waals surface area contributed by atoms with E-state index in [2.05, 4.69) is 10.4 Å². The molecule has 8 heteroatoms. The van der Waals surface area contributed by atoms with Crippen molar-refractivity contribution in [1.29, 1.82) is 0 Å². The van der Waals surface area contributed by atoms with Gasteiger partial charge in [-0.05, 0) is 32.8 Å². The Morgan fingerprint density at radius 2 is 2.07 bits per heavy atom. The molecule has 144 valence electrons. The highest BCUT2D eigenvalue weighted by Crippen LogP contribution is 2.42. The molecule has 4 rings (SSSR count). The van der Waals surface area contributed by atoms with Gasteiger partial charge in [0.05, 0.1) is 28.2 Å². The second-order valence-electron chi connectivity index (χ2n) is 7.59. The summed E-state index contributed by atoms with van der Waals surface area (Å²) in [6.45, 7) is 4.60. The number of rotatable bonds is 2. The van der Waals surface area contributed by atoms with Gasteiger partial charge in [0.25, 0.3) is 5.56 Å². The van der Waals surface area contributed by atoms with Gasteiger partial charge >= 0.3 is 0 Å². The molecule has 1 aromatic heterocycles. The summed E-state index contributed by atoms with van der Waals surface area (Å²) in [6.07, 6.45) is 1.44. The Morgan fingerprint density at radius 1 is 1.30 bits per heavy atom. The Hall–Kier alpha value is -2.06. The molecule has 6 nitrogen and oxygen atoms in total. The number of carbonyl (C=O) groups excluding carboxylic acids is 1. The molecule has 27 heavy (non-hydrogen) atoms. The van der Waals surface area contributed by atoms with Gasteiger partial charge in [-0.25, -0.2) is 4.39 Å². The number of benzene rings is 1. The van der Waals surface area contributed by atoms with E-state index in [0.29, 0.717) is 30.0 Å². The Balaban J connectivity index is 1.83. The third kappa shape index (κ3) is 3.43. The van der Waals surface area contributed by atoms with Crippen molar-refractivity contribution in [1.82, 2.24) is 9.78 Å². The van der Waals surface area contributed by atoms with Gasteiger partial charge < -0.3 is 10.1 Å². The molecule has 0 saturated carbocycles. The highest BCUT2D eigenvalue weighted by atomic mass is 32.2. The van der Waals surface area contributed by atoms with Gasteiger partial charge in [-0.1, -0.05) is 18.2 Å². The van der Waals surface area contributed by atoms with Gasteiger partial charge in [0.15, 0.2) is 0 Å². The molecule has 1 saturated heterocycles. The molecule has 1 aromatic carbocycles. The molecule has 0 bridgehead atoms. The molecule has 2 aliphatic heterocycles. The minimum Gasteiger partial charge on any atom is -0.375 e. The first-order chi connectivity index (χ1) is 12.9. The number of anilines is 1. The van der Waals surface area contributed by atoms with Gasteiger partial charge in [-0.3, -0.25) is 19.4 Å². The average molecular weight is 391 g/mol. The molecule has 2 aliphatic rings. The van der Waals surface area contributed by atoms with Crippen LogP contribution in [-0.4, -0.2) is 33.6 Å². The van der Waals surface area contributed by atoms with E-state index in [-0.39, 0.29) is 34.7 Å². The van der Waals surface area contributed by atoms with Gasteiger partial charge in [-0.2, -0.15) is 0 Å². The molecular formula is C19H22FN3O3S. The summed E-state index contributed by atoms with van der Waals surface area (Å²) in [5.74, 6) is 0.0339. The third-order valence-corrected chi connectivity index (χ3v) is 6.34. The van der Waals surface area contributed by atoms with Crippen LogP contribution in [0.1, 0.15) is 49.1 Å². The van der Waals surface area contributed by atoms with Crippen molar-refractivity contribution in [2.24, 2.45) is 0 Å². The topological polar surface area (TPSA) is 76.1 Å². The van der Waals surface area contributed by atoms with Crippen molar-refractivity contribution >= 4 is 23.5 Å². The molecule has 2 unspecified atom stereocenters. The van der Waals surface area contributed by atoms with Crippen LogP contribution in [0.25, 0.3) is 0 Å². The maximum atomic E-state index is 14.4. The van der Waals surface area contributed by atoms with E-state index in [1.54, 1.807) is 22.9 Å². The maximum Gasteiger partial charge on any atom is 0.270 e. The molecule has 2 aromatic rings. The Bertz CT molecular complexity index is 937. The lowest BCUT2D eigenvalue weighted by Crippen LogP contribution is -2.36. The van der Waals surface area contributed by atoms with Crippen LogP contribution in [0, 0.1) is 5.82 Å². The van der Waals surface area contributed by atoms with Gasteiger partial charge in [0.2, 0.25) is 5.91 Å². The summed E-state index contributed by atoms with van der Waals surface area (Å²) >= 11 is 1.27. The van der Waals surface area contributed by atoms with Crippen molar-refractivity contribution in [3.05, 3.63) is 51.6 Å². The zero-order valence-electron chi connectivity index (χ0n) is 15.3. The number of H-pyrrole nitrogens is 1. The fourth-order valence-corrected chi connectivity index (χ4v) is 5.02. The highest BCUT2D eigenvalue weighted by Gasteiger charge is 2.36. The predicted molar refractivity (Wildman–Crippen MR) is 103 cm³/mol. The van der Waals surface area contributed by atoms with Crippen LogP contribution in [0.3, 0.4) is 0 Å². The number of ether oxygens (including phenoxy) is 1. The third-order valence-electron chi connectivity index (χ3n) is 5.09. The molecule has 0 aliphatic carbocycles. The number of carbonyl (C=O) groups is 1. The number of aromatic nitrogens is 2. The zero-order valence-corrected chi connectivity index (χ0v) is 16.1. The quantitative estimate of drug-likeness (QED) is 0.824. The van der Waals surface area contributed by atoms with E-state index in [1.165, 1.54) is 17.8 Å². The van der Waals surface area contributed by atoms with Crippen molar-refractivity contribution in [2.45, 2.75) is 43.6 Å². The highest BCUT2D eigenvalue weighted by molar-refractivity contribution is 8.00. The maximum absolute atomic E-state index is 14.4. The number of hydrogen-bond acceptors (Lipinski definition) is 4. The van der Waals surface area contributed by atoms with Crippen LogP contribution in [0.5, 0.6) is 0 Å². The Labute approximate surface area is 160 Å². The molecule has 0 spiro atoms. The van der Waals surface area contributed by atoms with Crippen molar-refractivity contribution in [3.63, 3.8) is 0 Å². The van der Waals surface area contributed by atoms with Crippen LogP contribution in [0.4, 0.5) is 10.2 Å². The van der Waals surface area contributed by atoms with E-state index >= 15 is 0 Å². The first kappa shape index (κ1) is 18.3. The number of hydrogen-bond donors (Lipinski definition) is 2. The molecule has 2 N–H and O–H groups in total. The summed E-state index contributed by atoms with van der Waals surface area (Å²) < 4.78 is 22.0. The van der Waals surface area contributed by atoms with Crippen LogP contribution in [-0.2, 0) is 9.53 Å². The van der Waals surface area contributed by atoms with E-state index in [9.17, 15) is 14.0 Å². The average Bonchev–Trinajstić information content (AvgIpc) is 2.81. The summed E-state index contributed by atoms with van der Waals surface area (Å²) in [5, 5.41) is 5.21. The number of amides is 1. The van der Waals surface area contributed by atoms with Crippen LogP contribution < -0.4 is 10.9 Å². The first-order valence-electron chi connectivity index (χ1n) is 9.00. The largest absolute Gasteiger partial charge is 0.375 e. The second-order valence-corrected chi connectivity index (χ2v) is 8.68. The standard InChI is InChI=1S/C19H22FN3O3S/c1-19(2)9-11(7-8-26-19)23-17-15(18(25)22-23)16(27-10-14(24)21-17)12-5-3-4-6-13(12)20/h3-6,11,16H,7-10H2,1-2H3,(H,21,24)(H,22,25). The van der Waals surface area contributed by atoms with Crippen molar-refractivity contribution < 1.29 is 13.9 Å². The van der Waals surface area contributed by atoms with Crippen LogP contribution in [0.2, 0.25) is 0 Å². The molecule has 3 heterocycles. The van der Waals surface area contributed by atoms with E-state index in [1.807, 2.05) is 13.8 Å². The number of fused-ring (bicyclic) bond motifs is 1. The summed E-state index contributed by atoms with van der Waals surface area (Å²) in [6, 6.07) is 6.40. The molecule has 0 radical (unpaired) electrons. The Kier molecular flexibility index (Phi) is 4.63. The summed E-state index contributed by atoms with van der Waals surface area (Å²) in [5.41, 5.74) is 0.207. The summed E-state index contributed by atoms with van der Waals surface area (Å²) in [7, 11) is 0. The van der Waals surface area contributed by atoms with Gasteiger partial charge in [0, 0.05) is 12.2 Å². The normalized spacial score (nSPS) is 24.8. The lowest BCUT2D eigenvalue weighted by molar-refractivity contribution is -0.113. The number of halogens is 1. The zero-order chi connectivity index (χ0) is 19.2. The minimum absolute atomic E-state index is 0.00475. The van der Waals surface area contributed by atoms with Gasteiger partial charge in [0.1, 0.15) is 11.6 Å². The molecular weight excluding hydrogens is 369 g/mol. The van der Waals surface area contributed by atoms with Crippen LogP contribution >= 0.6 is 11.8 Å². The van der Waals surface area contributed by atoms with Crippen molar-refractivity contribution in [2.75, 3.05) is 17.7 Å². The summed E-state index contributed by atoms with van der Waals surface area (Å²) in [4.78, 5) is 25.1. The monoisotopic (exact) mass is 391 g/mol. The lowest BCUT2D eigenvalue weighted by atomic mass is 9.94. The number of nitrogens with zero attached hydrogens (tertiary/aromatic N) is 1. The Morgan fingerprint density at radius 3 is 2.81 bits per heavy atom.